The molecule has 2 aromatic carbocycles. The van der Waals surface area contributed by atoms with E-state index >= 15 is 0 Å². The minimum absolute atomic E-state index is 0.0713. The van der Waals surface area contributed by atoms with Crippen molar-refractivity contribution < 1.29 is 9.59 Å². The molecule has 1 heterocycles. The first kappa shape index (κ1) is 19.3. The molecule has 0 aliphatic heterocycles. The van der Waals surface area contributed by atoms with E-state index in [0.717, 1.165) is 46.8 Å². The standard InChI is InChI=1S/C22H22N4O2S/c27-20(16-6-2-1-3-7-16)25-26-21(28)17-12-10-15(11-13-17)14-29-22-23-18-8-4-5-9-19(18)24-22/h1-2,4-5,8-13,16H,3,6-7,14H2,(H,23,24)(H,25,27)(H,26,28). The maximum absolute atomic E-state index is 12.3. The molecule has 1 aliphatic rings. The van der Waals surface area contributed by atoms with Gasteiger partial charge in [-0.3, -0.25) is 20.4 Å². The van der Waals surface area contributed by atoms with Crippen molar-refractivity contribution in [1.82, 2.24) is 20.8 Å². The monoisotopic (exact) mass is 406 g/mol. The number of fused-ring (bicyclic) bond motifs is 1. The van der Waals surface area contributed by atoms with Gasteiger partial charge in [-0.2, -0.15) is 0 Å². The second-order valence-electron chi connectivity index (χ2n) is 6.97. The lowest BCUT2D eigenvalue weighted by Crippen LogP contribution is -2.44. The second kappa shape index (κ2) is 8.96. The third-order valence-electron chi connectivity index (χ3n) is 4.90. The van der Waals surface area contributed by atoms with Gasteiger partial charge in [0.05, 0.1) is 11.0 Å². The quantitative estimate of drug-likeness (QED) is 0.340. The van der Waals surface area contributed by atoms with Crippen molar-refractivity contribution in [2.75, 3.05) is 0 Å². The van der Waals surface area contributed by atoms with Crippen LogP contribution in [-0.2, 0) is 10.5 Å². The minimum Gasteiger partial charge on any atom is -0.333 e. The van der Waals surface area contributed by atoms with Crippen LogP contribution in [0.4, 0.5) is 0 Å². The molecule has 148 valence electrons. The van der Waals surface area contributed by atoms with Gasteiger partial charge in [0.2, 0.25) is 5.91 Å². The molecule has 0 radical (unpaired) electrons. The first-order chi connectivity index (χ1) is 14.2. The Balaban J connectivity index is 1.28. The number of carbonyl (C=O) groups excluding carboxylic acids is 2. The van der Waals surface area contributed by atoms with Gasteiger partial charge < -0.3 is 4.98 Å². The average Bonchev–Trinajstić information content (AvgIpc) is 3.20. The molecule has 0 saturated carbocycles. The van der Waals surface area contributed by atoms with E-state index in [-0.39, 0.29) is 17.7 Å². The molecule has 0 spiro atoms. The highest BCUT2D eigenvalue weighted by Gasteiger charge is 2.19. The van der Waals surface area contributed by atoms with Crippen molar-refractivity contribution >= 4 is 34.6 Å². The summed E-state index contributed by atoms with van der Waals surface area (Å²) in [5, 5.41) is 0.869. The Hall–Kier alpha value is -3.06. The third kappa shape index (κ3) is 4.86. The van der Waals surface area contributed by atoms with Crippen LogP contribution >= 0.6 is 11.8 Å². The number of aromatic amines is 1. The summed E-state index contributed by atoms with van der Waals surface area (Å²) < 4.78 is 0. The molecule has 29 heavy (non-hydrogen) atoms. The fourth-order valence-electron chi connectivity index (χ4n) is 3.23. The maximum Gasteiger partial charge on any atom is 0.269 e. The topological polar surface area (TPSA) is 86.9 Å². The van der Waals surface area contributed by atoms with Gasteiger partial charge in [-0.1, -0.05) is 48.2 Å². The van der Waals surface area contributed by atoms with Crippen molar-refractivity contribution in [3.63, 3.8) is 0 Å². The summed E-state index contributed by atoms with van der Waals surface area (Å²) in [6.07, 6.45) is 6.53. The number of imidazole rings is 1. The molecule has 4 rings (SSSR count). The van der Waals surface area contributed by atoms with Crippen LogP contribution in [0.15, 0.2) is 65.8 Å². The Morgan fingerprint density at radius 3 is 2.66 bits per heavy atom. The highest BCUT2D eigenvalue weighted by Crippen LogP contribution is 2.23. The fourth-order valence-corrected chi connectivity index (χ4v) is 4.07. The predicted octanol–water partition coefficient (Wildman–Crippen LogP) is 3.97. The first-order valence-electron chi connectivity index (χ1n) is 9.61. The predicted molar refractivity (Wildman–Crippen MR) is 114 cm³/mol. The summed E-state index contributed by atoms with van der Waals surface area (Å²) in [5.41, 5.74) is 8.61. The van der Waals surface area contributed by atoms with Crippen molar-refractivity contribution in [1.29, 1.82) is 0 Å². The molecule has 0 saturated heterocycles. The zero-order chi connectivity index (χ0) is 20.1. The number of para-hydroxylation sites is 2. The van der Waals surface area contributed by atoms with E-state index in [1.165, 1.54) is 0 Å². The summed E-state index contributed by atoms with van der Waals surface area (Å²) >= 11 is 1.61. The Kier molecular flexibility index (Phi) is 5.95. The van der Waals surface area contributed by atoms with Crippen LogP contribution in [0.3, 0.4) is 0 Å². The van der Waals surface area contributed by atoms with Crippen LogP contribution in [0.25, 0.3) is 11.0 Å². The van der Waals surface area contributed by atoms with Gasteiger partial charge in [0.1, 0.15) is 0 Å². The number of hydrazine groups is 1. The van der Waals surface area contributed by atoms with Gasteiger partial charge in [-0.15, -0.1) is 0 Å². The fraction of sp³-hybridized carbons (Fsp3) is 0.227. The third-order valence-corrected chi connectivity index (χ3v) is 5.84. The van der Waals surface area contributed by atoms with Gasteiger partial charge >= 0.3 is 0 Å². The zero-order valence-corrected chi connectivity index (χ0v) is 16.7. The molecule has 3 aromatic rings. The summed E-state index contributed by atoms with van der Waals surface area (Å²) in [5.74, 6) is 0.217. The summed E-state index contributed by atoms with van der Waals surface area (Å²) in [4.78, 5) is 32.2. The van der Waals surface area contributed by atoms with Gasteiger partial charge in [-0.05, 0) is 49.1 Å². The molecule has 2 amide bonds. The Morgan fingerprint density at radius 2 is 1.90 bits per heavy atom. The summed E-state index contributed by atoms with van der Waals surface area (Å²) in [7, 11) is 0. The number of nitrogens with one attached hydrogen (secondary N) is 3. The molecule has 7 heteroatoms. The van der Waals surface area contributed by atoms with Crippen molar-refractivity contribution in [3.8, 4) is 0 Å². The maximum atomic E-state index is 12.3. The number of hydrogen-bond donors (Lipinski definition) is 3. The molecule has 0 fully saturated rings. The molecule has 1 unspecified atom stereocenters. The number of rotatable bonds is 5. The molecule has 1 aromatic heterocycles. The van der Waals surface area contributed by atoms with Crippen LogP contribution in [-0.4, -0.2) is 21.8 Å². The lowest BCUT2D eigenvalue weighted by Gasteiger charge is -2.17. The second-order valence-corrected chi connectivity index (χ2v) is 7.93. The number of aromatic nitrogens is 2. The van der Waals surface area contributed by atoms with Crippen LogP contribution in [0, 0.1) is 5.92 Å². The van der Waals surface area contributed by atoms with Gasteiger partial charge in [0.15, 0.2) is 5.16 Å². The molecule has 1 atom stereocenters. The highest BCUT2D eigenvalue weighted by atomic mass is 32.2. The normalized spacial score (nSPS) is 15.9. The first-order valence-corrected chi connectivity index (χ1v) is 10.6. The van der Waals surface area contributed by atoms with Crippen molar-refractivity contribution in [3.05, 3.63) is 71.8 Å². The molecular weight excluding hydrogens is 384 g/mol. The van der Waals surface area contributed by atoms with Gasteiger partial charge in [-0.25, -0.2) is 4.98 Å². The van der Waals surface area contributed by atoms with Gasteiger partial charge in [0.25, 0.3) is 5.91 Å². The smallest absolute Gasteiger partial charge is 0.269 e. The number of carbonyl (C=O) groups is 2. The molecule has 1 aliphatic carbocycles. The number of allylic oxidation sites excluding steroid dienone is 2. The van der Waals surface area contributed by atoms with E-state index in [9.17, 15) is 9.59 Å². The molecule has 3 N–H and O–H groups in total. The molecular formula is C22H22N4O2S. The van der Waals surface area contributed by atoms with Crippen molar-refractivity contribution in [2.45, 2.75) is 30.2 Å². The Labute approximate surface area is 173 Å². The lowest BCUT2D eigenvalue weighted by atomic mass is 9.94. The average molecular weight is 407 g/mol. The number of hydrogen-bond acceptors (Lipinski definition) is 4. The van der Waals surface area contributed by atoms with E-state index in [1.54, 1.807) is 23.9 Å². The molecule has 0 bridgehead atoms. The van der Waals surface area contributed by atoms with E-state index < -0.39 is 0 Å². The largest absolute Gasteiger partial charge is 0.333 e. The van der Waals surface area contributed by atoms with Crippen LogP contribution in [0.1, 0.15) is 35.2 Å². The summed E-state index contributed by atoms with van der Waals surface area (Å²) in [6.45, 7) is 0. The number of H-pyrrole nitrogens is 1. The van der Waals surface area contributed by atoms with Gasteiger partial charge in [0, 0.05) is 17.2 Å². The zero-order valence-electron chi connectivity index (χ0n) is 15.9. The Bertz CT molecular complexity index is 1010. The van der Waals surface area contributed by atoms with E-state index in [2.05, 4.69) is 26.9 Å². The number of benzene rings is 2. The van der Waals surface area contributed by atoms with E-state index in [4.69, 9.17) is 0 Å². The van der Waals surface area contributed by atoms with Crippen LogP contribution < -0.4 is 10.9 Å². The van der Waals surface area contributed by atoms with E-state index in [1.807, 2.05) is 42.5 Å². The van der Waals surface area contributed by atoms with E-state index in [0.29, 0.717) is 5.56 Å². The number of thioether (sulfide) groups is 1. The number of nitrogens with zero attached hydrogens (tertiary/aromatic N) is 1. The molecule has 6 nitrogen and oxygen atoms in total. The SMILES string of the molecule is O=C(NNC(=O)C1CC=CCC1)c1ccc(CSc2nc3ccccc3[nH]2)cc1. The Morgan fingerprint density at radius 1 is 1.07 bits per heavy atom. The van der Waals surface area contributed by atoms with Crippen molar-refractivity contribution in [2.24, 2.45) is 5.92 Å². The summed E-state index contributed by atoms with van der Waals surface area (Å²) in [6, 6.07) is 15.3. The van der Waals surface area contributed by atoms with Crippen LogP contribution in [0.5, 0.6) is 0 Å². The van der Waals surface area contributed by atoms with Crippen LogP contribution in [0.2, 0.25) is 0 Å². The number of amides is 2. The lowest BCUT2D eigenvalue weighted by molar-refractivity contribution is -0.126. The minimum atomic E-state index is -0.318. The highest BCUT2D eigenvalue weighted by molar-refractivity contribution is 7.98.